The minimum atomic E-state index is -0.616. The number of imidazole rings is 1. The summed E-state index contributed by atoms with van der Waals surface area (Å²) in [4.78, 5) is 55.1. The molecule has 0 bridgehead atoms. The number of aromatic amines is 1. The molecule has 0 saturated heterocycles. The van der Waals surface area contributed by atoms with Crippen LogP contribution in [0.3, 0.4) is 0 Å². The number of H-pyrrole nitrogens is 1. The zero-order valence-electron chi connectivity index (χ0n) is 62.2. The van der Waals surface area contributed by atoms with Gasteiger partial charge in [-0.05, 0) is 244 Å². The number of anilines is 5. The molecule has 0 aliphatic heterocycles. The Balaban J connectivity index is 0.000000173. The predicted molar refractivity (Wildman–Crippen MR) is 431 cm³/mol. The summed E-state index contributed by atoms with van der Waals surface area (Å²) in [7, 11) is 0. The highest BCUT2D eigenvalue weighted by atomic mass is 16.3. The molecular weight excluding hydrogens is 1480 g/mol. The minimum absolute atomic E-state index is 0.00106. The van der Waals surface area contributed by atoms with Gasteiger partial charge in [-0.25, -0.2) is 4.98 Å². The van der Waals surface area contributed by atoms with Gasteiger partial charge >= 0.3 is 0 Å². The average Bonchev–Trinajstić information content (AvgIpc) is 1.72. The second-order valence-corrected chi connectivity index (χ2v) is 25.5. The molecule has 24 N–H and O–H groups in total. The Morgan fingerprint density at radius 2 is 0.678 bits per heavy atom. The second-order valence-electron chi connectivity index (χ2n) is 25.5. The molecule has 1 heterocycles. The van der Waals surface area contributed by atoms with Crippen molar-refractivity contribution in [3.63, 3.8) is 0 Å². The number of aryl methyl sites for hydroxylation is 6. The first-order valence-electron chi connectivity index (χ1n) is 34.4. The highest BCUT2D eigenvalue weighted by molar-refractivity contribution is 6.08. The number of aromatic hydroxyl groups is 18. The van der Waals surface area contributed by atoms with E-state index in [-0.39, 0.29) is 126 Å². The number of phenols is 18. The van der Waals surface area contributed by atoms with E-state index in [0.717, 1.165) is 39.7 Å². The summed E-state index contributed by atoms with van der Waals surface area (Å²) in [6.45, 7) is 11.0. The van der Waals surface area contributed by atoms with Crippen LogP contribution in [0, 0.1) is 41.5 Å². The van der Waals surface area contributed by atoms with E-state index in [4.69, 9.17) is 0 Å². The SMILES string of the molecule is Cc1cc(NC(=O)c2ccc(O)c(O)c2)ccc1O.Cc1cc(NC(=O)c2cccc(O)c2O)ccc1O.Cc1cc(NCc2ccc(O)c(O)c2)ccc1O.Cc1ccc(-c2cnc(-c3ccc(O)c(O)c3)[nH]2)cc1O.Cc1cccc(NC(=O)c2ccc(O)c(O)c2)c1O.Cc1cccc(NC(=O)c2cccc(O)c2O)c1O. The summed E-state index contributed by atoms with van der Waals surface area (Å²) in [5.74, 6) is -4.35. The van der Waals surface area contributed by atoms with Crippen molar-refractivity contribution < 1.29 is 111 Å². The maximum Gasteiger partial charge on any atom is 0.259 e. The van der Waals surface area contributed by atoms with Crippen LogP contribution in [-0.4, -0.2) is 126 Å². The van der Waals surface area contributed by atoms with Crippen molar-refractivity contribution in [1.29, 1.82) is 0 Å². The fourth-order valence-corrected chi connectivity index (χ4v) is 10.2. The van der Waals surface area contributed by atoms with Gasteiger partial charge in [-0.15, -0.1) is 0 Å². The molecule has 1 aromatic heterocycles. The van der Waals surface area contributed by atoms with Gasteiger partial charge in [0.1, 0.15) is 40.3 Å². The Labute approximate surface area is 656 Å². The van der Waals surface area contributed by atoms with Gasteiger partial charge in [0.2, 0.25) is 0 Å². The van der Waals surface area contributed by atoms with Gasteiger partial charge in [0.05, 0.1) is 34.4 Å². The van der Waals surface area contributed by atoms with E-state index in [9.17, 15) is 111 Å². The number of aromatic nitrogens is 2. The molecule has 592 valence electrons. The Morgan fingerprint density at radius 3 is 1.14 bits per heavy atom. The van der Waals surface area contributed by atoms with Crippen LogP contribution in [0.1, 0.15) is 80.4 Å². The second kappa shape index (κ2) is 38.3. The van der Waals surface area contributed by atoms with Crippen molar-refractivity contribution in [3.05, 3.63) is 286 Å². The summed E-state index contributed by atoms with van der Waals surface area (Å²) >= 11 is 0. The highest BCUT2D eigenvalue weighted by Gasteiger charge is 2.19. The zero-order chi connectivity index (χ0) is 84.1. The van der Waals surface area contributed by atoms with E-state index < -0.39 is 35.1 Å². The van der Waals surface area contributed by atoms with Crippen LogP contribution >= 0.6 is 0 Å². The van der Waals surface area contributed by atoms with Crippen LogP contribution in [0.2, 0.25) is 0 Å². The molecule has 13 rings (SSSR count). The molecule has 13 aromatic rings. The van der Waals surface area contributed by atoms with Crippen molar-refractivity contribution >= 4 is 52.1 Å². The molecule has 0 radical (unpaired) electrons. The molecule has 0 saturated carbocycles. The number of amides is 4. The Hall–Kier alpha value is -16.1. The van der Waals surface area contributed by atoms with Gasteiger partial charge in [-0.2, -0.15) is 0 Å². The van der Waals surface area contributed by atoms with E-state index in [1.807, 2.05) is 32.0 Å². The van der Waals surface area contributed by atoms with E-state index >= 15 is 0 Å². The van der Waals surface area contributed by atoms with Crippen LogP contribution in [-0.2, 0) is 6.54 Å². The predicted octanol–water partition coefficient (Wildman–Crippen LogP) is 15.3. The molecule has 29 heteroatoms. The highest BCUT2D eigenvalue weighted by Crippen LogP contribution is 2.37. The molecule has 29 nitrogen and oxygen atoms in total. The van der Waals surface area contributed by atoms with E-state index in [1.165, 1.54) is 103 Å². The Kier molecular flexibility index (Phi) is 28.2. The lowest BCUT2D eigenvalue weighted by Gasteiger charge is -2.10. The van der Waals surface area contributed by atoms with Crippen molar-refractivity contribution in [1.82, 2.24) is 9.97 Å². The smallest absolute Gasteiger partial charge is 0.259 e. The lowest BCUT2D eigenvalue weighted by atomic mass is 10.1. The number of benzene rings is 12. The fraction of sp³-hybridized carbons (Fsp3) is 0.0814. The standard InChI is InChI=1S/C16H14N2O3.4C14H13NO4.C14H15NO3/c1-9-2-3-10(6-14(9)20)12-8-17-16(18-12)11-4-5-13(19)15(21)7-11;1-8-6-10(3-5-11(8)16)15-14(19)9-2-4-12(17)13(18)7-9;1-8-4-2-6-10(12(8)17)15-14(19)9-5-3-7-11(16)13(9)18;1-8-7-9(5-6-11(8)16)15-14(19)10-3-2-4-12(17)13(10)18;1-8-3-2-4-10(13(8)18)15-14(19)9-5-6-11(16)12(17)7-9;1-9-6-11(3-5-12(9)16)15-8-10-2-4-13(17)14(18)7-10/h2-8,19-21H,1H3,(H,17,18);4*2-7,16-18H,1H3,(H,15,19);2-7,15-18H,8H2,1H3. The first-order chi connectivity index (χ1) is 54.5. The molecule has 12 aromatic carbocycles. The molecule has 0 spiro atoms. The zero-order valence-corrected chi connectivity index (χ0v) is 62.2. The van der Waals surface area contributed by atoms with Crippen LogP contribution in [0.4, 0.5) is 28.4 Å². The number of carbonyl (C=O) groups excluding carboxylic acids is 4. The molecule has 115 heavy (non-hydrogen) atoms. The maximum atomic E-state index is 12.0. The number of rotatable bonds is 13. The third-order valence-electron chi connectivity index (χ3n) is 17.0. The quantitative estimate of drug-likeness (QED) is 0.0376. The van der Waals surface area contributed by atoms with Crippen molar-refractivity contribution in [2.45, 2.75) is 48.1 Å². The summed E-state index contributed by atoms with van der Waals surface area (Å²) in [5, 5.41) is 183. The van der Waals surface area contributed by atoms with Crippen molar-refractivity contribution in [2.75, 3.05) is 26.6 Å². The number of hydrogen-bond donors (Lipinski definition) is 24. The number of para-hydroxylation sites is 4. The van der Waals surface area contributed by atoms with Gasteiger partial charge in [0, 0.05) is 45.9 Å². The van der Waals surface area contributed by atoms with Crippen molar-refractivity contribution in [2.24, 2.45) is 0 Å². The molecule has 0 unspecified atom stereocenters. The van der Waals surface area contributed by atoms with Gasteiger partial charge in [-0.3, -0.25) is 19.2 Å². The number of carbonyl (C=O) groups is 4. The monoisotopic (exact) mass is 1560 g/mol. The molecule has 4 amide bonds. The average molecular weight is 1560 g/mol. The molecule has 0 aliphatic carbocycles. The number of phenolic OH excluding ortho intramolecular Hbond substituents is 18. The molecule has 0 atom stereocenters. The van der Waals surface area contributed by atoms with Crippen LogP contribution in [0.15, 0.2) is 225 Å². The maximum absolute atomic E-state index is 12.0. The molecular formula is C86H81N7O22. The van der Waals surface area contributed by atoms with Crippen LogP contribution in [0.5, 0.6) is 103 Å². The third kappa shape index (κ3) is 23.0. The van der Waals surface area contributed by atoms with E-state index in [1.54, 1.807) is 125 Å². The van der Waals surface area contributed by atoms with Crippen LogP contribution < -0.4 is 26.6 Å². The molecule has 0 aliphatic rings. The summed E-state index contributed by atoms with van der Waals surface area (Å²) < 4.78 is 0. The normalized spacial score (nSPS) is 10.3. The minimum Gasteiger partial charge on any atom is -0.508 e. The number of nitrogens with zero attached hydrogens (tertiary/aromatic N) is 1. The topological polar surface area (TPSA) is 521 Å². The van der Waals surface area contributed by atoms with E-state index in [0.29, 0.717) is 51.6 Å². The molecule has 0 fully saturated rings. The summed E-state index contributed by atoms with van der Waals surface area (Å²) in [6.07, 6.45) is 1.66. The fourth-order valence-electron chi connectivity index (χ4n) is 10.2. The van der Waals surface area contributed by atoms with Gasteiger partial charge < -0.3 is 123 Å². The first kappa shape index (κ1) is 84.6. The first-order valence-corrected chi connectivity index (χ1v) is 34.4. The van der Waals surface area contributed by atoms with E-state index in [2.05, 4.69) is 36.6 Å². The lowest BCUT2D eigenvalue weighted by Crippen LogP contribution is -2.12. The largest absolute Gasteiger partial charge is 0.508 e. The number of nitrogens with one attached hydrogen (secondary N) is 6. The third-order valence-corrected chi connectivity index (χ3v) is 17.0. The van der Waals surface area contributed by atoms with Gasteiger partial charge in [-0.1, -0.05) is 54.6 Å². The lowest BCUT2D eigenvalue weighted by molar-refractivity contribution is 0.101. The summed E-state index contributed by atoms with van der Waals surface area (Å²) in [6, 6.07) is 54.9. The Bertz CT molecular complexity index is 5590. The number of hydrogen-bond acceptors (Lipinski definition) is 24. The summed E-state index contributed by atoms with van der Waals surface area (Å²) in [5.41, 5.74) is 9.99. The van der Waals surface area contributed by atoms with Crippen LogP contribution in [0.25, 0.3) is 22.6 Å². The Morgan fingerprint density at radius 1 is 0.296 bits per heavy atom. The van der Waals surface area contributed by atoms with Gasteiger partial charge in [0.15, 0.2) is 69.0 Å². The van der Waals surface area contributed by atoms with Crippen molar-refractivity contribution in [3.8, 4) is 126 Å². The van der Waals surface area contributed by atoms with Gasteiger partial charge in [0.25, 0.3) is 23.6 Å².